The lowest BCUT2D eigenvalue weighted by molar-refractivity contribution is -0.302. The van der Waals surface area contributed by atoms with Crippen LogP contribution in [0.2, 0.25) is 0 Å². The van der Waals surface area contributed by atoms with Crippen LogP contribution in [0.4, 0.5) is 0 Å². The molecule has 0 spiro atoms. The summed E-state index contributed by atoms with van der Waals surface area (Å²) in [7, 11) is 0. The van der Waals surface area contributed by atoms with Crippen molar-refractivity contribution in [1.82, 2.24) is 5.32 Å². The fraction of sp³-hybridized carbons (Fsp3) is 0.930. The Bertz CT molecular complexity index is 827. The third-order valence-corrected chi connectivity index (χ3v) is 10.6. The van der Waals surface area contributed by atoms with Crippen LogP contribution in [0.3, 0.4) is 0 Å². The van der Waals surface area contributed by atoms with Gasteiger partial charge in [-0.05, 0) is 38.5 Å². The van der Waals surface area contributed by atoms with Crippen molar-refractivity contribution in [1.29, 1.82) is 0 Å². The molecule has 0 aromatic heterocycles. The normalized spacial score (nSPS) is 21.9. The Morgan fingerprint density at radius 3 is 1.56 bits per heavy atom. The summed E-state index contributed by atoms with van der Waals surface area (Å²) in [6.07, 6.45) is 30.7. The maximum Gasteiger partial charge on any atom is 0.220 e. The van der Waals surface area contributed by atoms with E-state index >= 15 is 0 Å². The molecule has 9 nitrogen and oxygen atoms in total. The molecule has 1 heterocycles. The van der Waals surface area contributed by atoms with Crippen LogP contribution in [0.5, 0.6) is 0 Å². The monoisotopic (exact) mass is 742 g/mol. The van der Waals surface area contributed by atoms with E-state index in [1.54, 1.807) is 0 Å². The molecule has 9 heteroatoms. The van der Waals surface area contributed by atoms with Gasteiger partial charge < -0.3 is 40.3 Å². The first kappa shape index (κ1) is 48.9. The molecule has 52 heavy (non-hydrogen) atoms. The second kappa shape index (κ2) is 34.4. The molecule has 308 valence electrons. The number of carbonyl (C=O) groups excluding carboxylic acids is 1. The molecule has 1 rings (SSSR count). The maximum atomic E-state index is 12.9. The number of hydrogen-bond donors (Lipinski definition) is 6. The summed E-state index contributed by atoms with van der Waals surface area (Å²) in [5.74, 6) is -0.153. The van der Waals surface area contributed by atoms with E-state index in [1.807, 2.05) is 0 Å². The number of amides is 1. The Hall–Kier alpha value is -1.07. The third kappa shape index (κ3) is 25.1. The van der Waals surface area contributed by atoms with E-state index in [0.717, 1.165) is 51.4 Å². The number of ether oxygens (including phenoxy) is 2. The van der Waals surface area contributed by atoms with Crippen LogP contribution in [0, 0.1) is 0 Å². The van der Waals surface area contributed by atoms with Crippen molar-refractivity contribution in [3.8, 4) is 0 Å². The minimum absolute atomic E-state index is 0.138. The van der Waals surface area contributed by atoms with Crippen LogP contribution in [0.15, 0.2) is 12.2 Å². The summed E-state index contributed by atoms with van der Waals surface area (Å²) in [4.78, 5) is 12.9. The maximum absolute atomic E-state index is 12.9. The van der Waals surface area contributed by atoms with Gasteiger partial charge in [0.1, 0.15) is 24.4 Å². The number of nitrogens with one attached hydrogen (secondary N) is 1. The second-order valence-electron chi connectivity index (χ2n) is 15.5. The van der Waals surface area contributed by atoms with E-state index in [9.17, 15) is 30.3 Å². The highest BCUT2D eigenvalue weighted by atomic mass is 16.7. The molecule has 0 bridgehead atoms. The first-order valence-corrected chi connectivity index (χ1v) is 21.9. The topological polar surface area (TPSA) is 149 Å². The molecule has 7 unspecified atom stereocenters. The fourth-order valence-corrected chi connectivity index (χ4v) is 7.04. The van der Waals surface area contributed by atoms with E-state index in [-0.39, 0.29) is 12.5 Å². The molecule has 0 aromatic rings. The van der Waals surface area contributed by atoms with Gasteiger partial charge in [0.15, 0.2) is 6.29 Å². The highest BCUT2D eigenvalue weighted by Crippen LogP contribution is 2.23. The van der Waals surface area contributed by atoms with Crippen molar-refractivity contribution in [2.75, 3.05) is 13.2 Å². The zero-order valence-electron chi connectivity index (χ0n) is 33.6. The molecule has 0 aromatic carbocycles. The second-order valence-corrected chi connectivity index (χ2v) is 15.5. The van der Waals surface area contributed by atoms with Crippen LogP contribution in [-0.2, 0) is 14.3 Å². The Morgan fingerprint density at radius 1 is 0.635 bits per heavy atom. The van der Waals surface area contributed by atoms with Gasteiger partial charge in [-0.1, -0.05) is 167 Å². The molecule has 1 amide bonds. The van der Waals surface area contributed by atoms with Gasteiger partial charge in [0.05, 0.1) is 25.4 Å². The number of unbranched alkanes of at least 4 members (excludes halogenated alkanes) is 24. The van der Waals surface area contributed by atoms with Crippen LogP contribution < -0.4 is 5.32 Å². The number of aliphatic hydroxyl groups is 5. The molecule has 0 radical (unpaired) electrons. The summed E-state index contributed by atoms with van der Waals surface area (Å²) in [5.41, 5.74) is 0. The van der Waals surface area contributed by atoms with Crippen molar-refractivity contribution in [3.05, 3.63) is 12.2 Å². The first-order chi connectivity index (χ1) is 25.3. The summed E-state index contributed by atoms with van der Waals surface area (Å²) < 4.78 is 11.2. The molecule has 0 aliphatic carbocycles. The number of carbonyl (C=O) groups is 1. The van der Waals surface area contributed by atoms with E-state index in [4.69, 9.17) is 9.47 Å². The predicted molar refractivity (Wildman–Crippen MR) is 212 cm³/mol. The summed E-state index contributed by atoms with van der Waals surface area (Å²) in [6, 6.07) is -0.718. The molecule has 6 N–H and O–H groups in total. The van der Waals surface area contributed by atoms with E-state index in [2.05, 4.69) is 31.3 Å². The Labute approximate surface area is 318 Å². The van der Waals surface area contributed by atoms with Crippen LogP contribution in [0.1, 0.15) is 200 Å². The van der Waals surface area contributed by atoms with Gasteiger partial charge in [0.2, 0.25) is 5.91 Å². The highest BCUT2D eigenvalue weighted by molar-refractivity contribution is 5.76. The number of aliphatic hydroxyl groups excluding tert-OH is 5. The summed E-state index contributed by atoms with van der Waals surface area (Å²) in [6.45, 7) is 3.81. The quantitative estimate of drug-likeness (QED) is 0.0277. The van der Waals surface area contributed by atoms with Gasteiger partial charge in [0, 0.05) is 6.42 Å². The number of allylic oxidation sites excluding steroid dienone is 2. The lowest BCUT2D eigenvalue weighted by Crippen LogP contribution is -2.60. The SMILES string of the molecule is CCCCCCC/C=C\CCCCCCCC(=O)NC(COC1OC(CO)C(O)C(O)C1O)C(O)CCCCCCCCCCCCCCCCC. The van der Waals surface area contributed by atoms with Gasteiger partial charge in [-0.3, -0.25) is 4.79 Å². The van der Waals surface area contributed by atoms with Crippen molar-refractivity contribution < 1.29 is 39.8 Å². The lowest BCUT2D eigenvalue weighted by Gasteiger charge is -2.40. The van der Waals surface area contributed by atoms with E-state index < -0.39 is 49.5 Å². The molecule has 0 saturated carbocycles. The van der Waals surface area contributed by atoms with E-state index in [1.165, 1.54) is 122 Å². The lowest BCUT2D eigenvalue weighted by atomic mass is 9.99. The summed E-state index contributed by atoms with van der Waals surface area (Å²) in [5, 5.41) is 54.2. The average molecular weight is 742 g/mol. The smallest absolute Gasteiger partial charge is 0.220 e. The number of hydrogen-bond acceptors (Lipinski definition) is 8. The van der Waals surface area contributed by atoms with Crippen molar-refractivity contribution >= 4 is 5.91 Å². The highest BCUT2D eigenvalue weighted by Gasteiger charge is 2.44. The standard InChI is InChI=1S/C43H83NO8/c1-3-5-7-9-11-13-15-17-19-20-22-24-26-28-30-32-37(46)36(35-51-43-42(50)41(49)40(48)38(34-45)52-43)44-39(47)33-31-29-27-25-23-21-18-16-14-12-10-8-6-4-2/h16,18,36-38,40-43,45-46,48-50H,3-15,17,19-35H2,1-2H3,(H,44,47)/b18-16-. The minimum Gasteiger partial charge on any atom is -0.394 e. The largest absolute Gasteiger partial charge is 0.394 e. The van der Waals surface area contributed by atoms with Gasteiger partial charge >= 0.3 is 0 Å². The van der Waals surface area contributed by atoms with Gasteiger partial charge in [-0.2, -0.15) is 0 Å². The van der Waals surface area contributed by atoms with Crippen molar-refractivity contribution in [2.24, 2.45) is 0 Å². The Morgan fingerprint density at radius 2 is 1.08 bits per heavy atom. The molecule has 7 atom stereocenters. The molecule has 1 aliphatic heterocycles. The van der Waals surface area contributed by atoms with Gasteiger partial charge in [0.25, 0.3) is 0 Å². The van der Waals surface area contributed by atoms with Crippen molar-refractivity contribution in [3.63, 3.8) is 0 Å². The van der Waals surface area contributed by atoms with Crippen LogP contribution in [-0.4, -0.2) is 87.5 Å². The van der Waals surface area contributed by atoms with Crippen LogP contribution >= 0.6 is 0 Å². The fourth-order valence-electron chi connectivity index (χ4n) is 7.04. The zero-order chi connectivity index (χ0) is 38.1. The third-order valence-electron chi connectivity index (χ3n) is 10.6. The molecule has 1 fully saturated rings. The Balaban J connectivity index is 2.36. The average Bonchev–Trinajstić information content (AvgIpc) is 3.14. The zero-order valence-corrected chi connectivity index (χ0v) is 33.6. The first-order valence-electron chi connectivity index (χ1n) is 21.9. The Kier molecular flexibility index (Phi) is 32.4. The van der Waals surface area contributed by atoms with Crippen LogP contribution in [0.25, 0.3) is 0 Å². The van der Waals surface area contributed by atoms with Gasteiger partial charge in [-0.15, -0.1) is 0 Å². The molecular formula is C43H83NO8. The number of rotatable bonds is 36. The van der Waals surface area contributed by atoms with Gasteiger partial charge in [-0.25, -0.2) is 0 Å². The van der Waals surface area contributed by atoms with Crippen molar-refractivity contribution in [2.45, 2.75) is 243 Å². The summed E-state index contributed by atoms with van der Waals surface area (Å²) >= 11 is 0. The van der Waals surface area contributed by atoms with E-state index in [0.29, 0.717) is 12.8 Å². The molecular weight excluding hydrogens is 658 g/mol. The minimum atomic E-state index is -1.55. The molecule has 1 saturated heterocycles. The predicted octanol–water partition coefficient (Wildman–Crippen LogP) is 8.56. The molecule has 1 aliphatic rings.